The van der Waals surface area contributed by atoms with Gasteiger partial charge in [0, 0.05) is 6.42 Å². The number of ether oxygens (including phenoxy) is 1. The Morgan fingerprint density at radius 1 is 1.15 bits per heavy atom. The van der Waals surface area contributed by atoms with Crippen molar-refractivity contribution in [3.05, 3.63) is 0 Å². The van der Waals surface area contributed by atoms with Gasteiger partial charge in [0.1, 0.15) is 6.04 Å². The second-order valence-electron chi connectivity index (χ2n) is 4.93. The molecule has 0 aliphatic rings. The Balaban J connectivity index is -0.00000162. The van der Waals surface area contributed by atoms with Crippen LogP contribution in [-0.4, -0.2) is 29.2 Å². The largest absolute Gasteiger partial charge is 1.00 e. The SMILES string of the molecule is CCCCCCCCCC(=O)OC(=O)[C@@H](N)[C@@H](C)O.[H-].[Na+]. The molecule has 20 heavy (non-hydrogen) atoms. The van der Waals surface area contributed by atoms with Crippen LogP contribution in [0.5, 0.6) is 0 Å². The van der Waals surface area contributed by atoms with Gasteiger partial charge >= 0.3 is 41.5 Å². The molecular weight excluding hydrogens is 269 g/mol. The summed E-state index contributed by atoms with van der Waals surface area (Å²) in [6, 6.07) is -1.15. The Hall–Kier alpha value is 0.0600. The summed E-state index contributed by atoms with van der Waals surface area (Å²) in [5, 5.41) is 9.08. The summed E-state index contributed by atoms with van der Waals surface area (Å²) in [5.74, 6) is -1.42. The van der Waals surface area contributed by atoms with Gasteiger partial charge in [-0.15, -0.1) is 0 Å². The number of esters is 2. The zero-order valence-corrected chi connectivity index (χ0v) is 15.1. The number of hydrogen-bond acceptors (Lipinski definition) is 5. The minimum Gasteiger partial charge on any atom is -1.00 e. The standard InChI is InChI=1S/C14H27NO4.Na.H/c1-3-4-5-6-7-8-9-10-12(17)19-14(18)13(15)11(2)16;;/h11,13,16H,3-10,15H2,1-2H3;;/q;+1;-1/t11-,13+;;/m1../s1. The molecule has 0 saturated heterocycles. The summed E-state index contributed by atoms with van der Waals surface area (Å²) in [6.45, 7) is 3.55. The summed E-state index contributed by atoms with van der Waals surface area (Å²) < 4.78 is 4.56. The van der Waals surface area contributed by atoms with Crippen molar-refractivity contribution in [2.75, 3.05) is 0 Å². The Kier molecular flexibility index (Phi) is 15.7. The monoisotopic (exact) mass is 297 g/mol. The van der Waals surface area contributed by atoms with E-state index >= 15 is 0 Å². The van der Waals surface area contributed by atoms with Crippen LogP contribution in [0, 0.1) is 0 Å². The smallest absolute Gasteiger partial charge is 1.00 e. The number of rotatable bonds is 10. The fourth-order valence-electron chi connectivity index (χ4n) is 1.65. The molecule has 3 N–H and O–H groups in total. The van der Waals surface area contributed by atoms with Gasteiger partial charge in [-0.3, -0.25) is 4.79 Å². The molecule has 6 heteroatoms. The molecule has 0 bridgehead atoms. The quantitative estimate of drug-likeness (QED) is 0.234. The fraction of sp³-hybridized carbons (Fsp3) is 0.857. The second kappa shape index (κ2) is 14.0. The molecule has 114 valence electrons. The zero-order chi connectivity index (χ0) is 14.7. The average Bonchev–Trinajstić information content (AvgIpc) is 2.36. The number of unbranched alkanes of at least 4 members (excludes halogenated alkanes) is 6. The van der Waals surface area contributed by atoms with Crippen LogP contribution >= 0.6 is 0 Å². The van der Waals surface area contributed by atoms with Gasteiger partial charge < -0.3 is 17.0 Å². The van der Waals surface area contributed by atoms with Crippen molar-refractivity contribution >= 4 is 11.9 Å². The van der Waals surface area contributed by atoms with E-state index in [0.717, 1.165) is 19.3 Å². The Labute approximate surface area is 145 Å². The van der Waals surface area contributed by atoms with Gasteiger partial charge in [0.05, 0.1) is 6.10 Å². The molecule has 5 nitrogen and oxygen atoms in total. The van der Waals surface area contributed by atoms with Crippen LogP contribution in [0.4, 0.5) is 0 Å². The molecule has 0 heterocycles. The number of nitrogens with two attached hydrogens (primary N) is 1. The van der Waals surface area contributed by atoms with Crippen molar-refractivity contribution in [1.82, 2.24) is 0 Å². The van der Waals surface area contributed by atoms with Crippen LogP contribution in [0.1, 0.15) is 66.6 Å². The molecule has 0 saturated carbocycles. The summed E-state index contributed by atoms with van der Waals surface area (Å²) in [5.41, 5.74) is 5.35. The zero-order valence-electron chi connectivity index (χ0n) is 14.1. The van der Waals surface area contributed by atoms with E-state index in [1.54, 1.807) is 0 Å². The first-order chi connectivity index (χ1) is 8.99. The number of aliphatic hydroxyl groups is 1. The van der Waals surface area contributed by atoms with Crippen molar-refractivity contribution < 1.29 is 50.4 Å². The number of hydrogen-bond donors (Lipinski definition) is 2. The molecule has 2 atom stereocenters. The molecule has 0 unspecified atom stereocenters. The Bertz CT molecular complexity index is 278. The summed E-state index contributed by atoms with van der Waals surface area (Å²) in [6.07, 6.45) is 6.92. The maximum atomic E-state index is 11.3. The number of aliphatic hydroxyl groups excluding tert-OH is 1. The molecule has 0 amide bonds. The third kappa shape index (κ3) is 11.9. The normalized spacial score (nSPS) is 13.2. The van der Waals surface area contributed by atoms with E-state index in [1.165, 1.54) is 32.6 Å². The third-order valence-electron chi connectivity index (χ3n) is 2.99. The van der Waals surface area contributed by atoms with Crippen LogP contribution in [0.25, 0.3) is 0 Å². The summed E-state index contributed by atoms with van der Waals surface area (Å²) in [7, 11) is 0. The summed E-state index contributed by atoms with van der Waals surface area (Å²) in [4.78, 5) is 22.6. The summed E-state index contributed by atoms with van der Waals surface area (Å²) >= 11 is 0. The van der Waals surface area contributed by atoms with Crippen molar-refractivity contribution in [2.45, 2.75) is 77.4 Å². The first-order valence-electron chi connectivity index (χ1n) is 7.17. The fourth-order valence-corrected chi connectivity index (χ4v) is 1.65. The predicted octanol–water partition coefficient (Wildman–Crippen LogP) is -0.978. The molecule has 0 fully saturated rings. The molecule has 0 spiro atoms. The van der Waals surface area contributed by atoms with E-state index in [-0.39, 0.29) is 37.4 Å². The van der Waals surface area contributed by atoms with E-state index in [0.29, 0.717) is 0 Å². The Morgan fingerprint density at radius 2 is 1.65 bits per heavy atom. The predicted molar refractivity (Wildman–Crippen MR) is 74.5 cm³/mol. The van der Waals surface area contributed by atoms with Gasteiger partial charge in [-0.1, -0.05) is 45.4 Å². The van der Waals surface area contributed by atoms with Gasteiger partial charge in [0.2, 0.25) is 0 Å². The van der Waals surface area contributed by atoms with E-state index in [4.69, 9.17) is 10.8 Å². The van der Waals surface area contributed by atoms with Crippen molar-refractivity contribution in [1.29, 1.82) is 0 Å². The second-order valence-corrected chi connectivity index (χ2v) is 4.93. The van der Waals surface area contributed by atoms with E-state index in [1.807, 2.05) is 0 Å². The molecular formula is C14H28NNaO4. The van der Waals surface area contributed by atoms with Gasteiger partial charge in [-0.05, 0) is 13.3 Å². The van der Waals surface area contributed by atoms with E-state index in [2.05, 4.69) is 11.7 Å². The Morgan fingerprint density at radius 3 is 2.15 bits per heavy atom. The average molecular weight is 297 g/mol. The molecule has 0 aromatic carbocycles. The minimum absolute atomic E-state index is 0. The third-order valence-corrected chi connectivity index (χ3v) is 2.99. The molecule has 0 aliphatic carbocycles. The number of carbonyl (C=O) groups excluding carboxylic acids is 2. The van der Waals surface area contributed by atoms with Crippen LogP contribution in [0.15, 0.2) is 0 Å². The first kappa shape index (κ1) is 22.3. The topological polar surface area (TPSA) is 89.6 Å². The minimum atomic E-state index is -1.15. The van der Waals surface area contributed by atoms with Crippen LogP contribution < -0.4 is 35.3 Å². The van der Waals surface area contributed by atoms with Gasteiger partial charge in [-0.2, -0.15) is 0 Å². The van der Waals surface area contributed by atoms with E-state index < -0.39 is 24.1 Å². The van der Waals surface area contributed by atoms with Gasteiger partial charge in [0.25, 0.3) is 0 Å². The maximum Gasteiger partial charge on any atom is 1.00 e. The van der Waals surface area contributed by atoms with Crippen LogP contribution in [-0.2, 0) is 14.3 Å². The van der Waals surface area contributed by atoms with Crippen LogP contribution in [0.3, 0.4) is 0 Å². The molecule has 0 aromatic heterocycles. The van der Waals surface area contributed by atoms with Gasteiger partial charge in [-0.25, -0.2) is 4.79 Å². The van der Waals surface area contributed by atoms with E-state index in [9.17, 15) is 9.59 Å². The molecule has 0 aliphatic heterocycles. The van der Waals surface area contributed by atoms with Crippen molar-refractivity contribution in [2.24, 2.45) is 5.73 Å². The molecule has 0 radical (unpaired) electrons. The van der Waals surface area contributed by atoms with Crippen LogP contribution in [0.2, 0.25) is 0 Å². The maximum absolute atomic E-state index is 11.3. The van der Waals surface area contributed by atoms with Crippen molar-refractivity contribution in [3.8, 4) is 0 Å². The number of carbonyl (C=O) groups is 2. The molecule has 0 rings (SSSR count). The van der Waals surface area contributed by atoms with Gasteiger partial charge in [0.15, 0.2) is 0 Å². The van der Waals surface area contributed by atoms with Crippen molar-refractivity contribution in [3.63, 3.8) is 0 Å². The molecule has 0 aromatic rings. The first-order valence-corrected chi connectivity index (χ1v) is 7.17.